The van der Waals surface area contributed by atoms with Gasteiger partial charge in [-0.1, -0.05) is 49.6 Å². The molecule has 23 heavy (non-hydrogen) atoms. The maximum atomic E-state index is 12.2. The normalized spacial score (nSPS) is 17.0. The lowest BCUT2D eigenvalue weighted by Gasteiger charge is -2.33. The summed E-state index contributed by atoms with van der Waals surface area (Å²) >= 11 is 0. The maximum Gasteiger partial charge on any atom is 0.407 e. The Bertz CT molecular complexity index is 455. The lowest BCUT2D eigenvalue weighted by molar-refractivity contribution is -0.181. The number of hydrogen-bond acceptors (Lipinski definition) is 4. The molecule has 1 aliphatic carbocycles. The van der Waals surface area contributed by atoms with Crippen LogP contribution in [-0.2, 0) is 20.8 Å². The van der Waals surface area contributed by atoms with Crippen LogP contribution in [0.15, 0.2) is 30.3 Å². The highest BCUT2D eigenvalue weighted by molar-refractivity contribution is 5.67. The average Bonchev–Trinajstić information content (AvgIpc) is 2.62. The molecular formula is C18H27NO4. The molecule has 0 bridgehead atoms. The van der Waals surface area contributed by atoms with E-state index in [4.69, 9.17) is 14.2 Å². The molecule has 0 aliphatic heterocycles. The van der Waals surface area contributed by atoms with E-state index in [2.05, 4.69) is 5.32 Å². The second-order valence-electron chi connectivity index (χ2n) is 5.95. The summed E-state index contributed by atoms with van der Waals surface area (Å²) in [6, 6.07) is 9.76. The van der Waals surface area contributed by atoms with Gasteiger partial charge in [-0.3, -0.25) is 0 Å². The van der Waals surface area contributed by atoms with E-state index in [0.717, 1.165) is 31.2 Å². The number of rotatable bonds is 7. The Morgan fingerprint density at radius 1 is 1.13 bits per heavy atom. The topological polar surface area (TPSA) is 56.8 Å². The van der Waals surface area contributed by atoms with E-state index in [1.807, 2.05) is 30.3 Å². The van der Waals surface area contributed by atoms with Gasteiger partial charge >= 0.3 is 6.09 Å². The first-order chi connectivity index (χ1) is 11.2. The van der Waals surface area contributed by atoms with Gasteiger partial charge < -0.3 is 19.5 Å². The predicted molar refractivity (Wildman–Crippen MR) is 87.9 cm³/mol. The molecule has 1 saturated carbocycles. The fourth-order valence-corrected chi connectivity index (χ4v) is 3.14. The van der Waals surface area contributed by atoms with Crippen molar-refractivity contribution in [2.45, 2.75) is 51.0 Å². The molecule has 5 heteroatoms. The molecule has 1 aromatic rings. The second kappa shape index (κ2) is 9.53. The molecule has 0 spiro atoms. The molecule has 0 aromatic heterocycles. The van der Waals surface area contributed by atoms with Crippen LogP contribution < -0.4 is 5.32 Å². The van der Waals surface area contributed by atoms with Crippen molar-refractivity contribution >= 4 is 6.09 Å². The number of nitrogens with one attached hydrogen (secondary N) is 1. The number of alkyl carbamates (subject to hydrolysis) is 1. The van der Waals surface area contributed by atoms with E-state index >= 15 is 0 Å². The van der Waals surface area contributed by atoms with Crippen LogP contribution in [0.4, 0.5) is 4.79 Å². The minimum Gasteiger partial charge on any atom is -0.441 e. The number of hydrogen-bond donors (Lipinski definition) is 1. The molecular weight excluding hydrogens is 294 g/mol. The molecule has 128 valence electrons. The Morgan fingerprint density at radius 2 is 1.78 bits per heavy atom. The third kappa shape index (κ3) is 5.52. The Morgan fingerprint density at radius 3 is 2.39 bits per heavy atom. The van der Waals surface area contributed by atoms with Crippen LogP contribution in [0.5, 0.6) is 0 Å². The fourth-order valence-electron chi connectivity index (χ4n) is 3.14. The fraction of sp³-hybridized carbons (Fsp3) is 0.611. The van der Waals surface area contributed by atoms with Crippen molar-refractivity contribution in [3.05, 3.63) is 35.9 Å². The second-order valence-corrected chi connectivity index (χ2v) is 5.95. The Labute approximate surface area is 138 Å². The number of carbonyl (C=O) groups excluding carboxylic acids is 1. The van der Waals surface area contributed by atoms with Gasteiger partial charge in [-0.25, -0.2) is 4.79 Å². The van der Waals surface area contributed by atoms with Crippen molar-refractivity contribution in [1.29, 1.82) is 0 Å². The predicted octanol–water partition coefficient (Wildman–Crippen LogP) is 3.48. The number of methoxy groups -OCH3 is 2. The summed E-state index contributed by atoms with van der Waals surface area (Å²) in [5.74, 6) is 0.288. The van der Waals surface area contributed by atoms with Gasteiger partial charge in [0.2, 0.25) is 0 Å². The SMILES string of the molecule is COC(OC)C(OC(=O)NCc1ccccc1)C1CCCCC1. The third-order valence-corrected chi connectivity index (χ3v) is 4.37. The minimum atomic E-state index is -0.527. The molecule has 5 nitrogen and oxygen atoms in total. The smallest absolute Gasteiger partial charge is 0.407 e. The molecule has 1 N–H and O–H groups in total. The Kier molecular flexibility index (Phi) is 7.36. The summed E-state index contributed by atoms with van der Waals surface area (Å²) in [6.07, 6.45) is 4.32. The maximum absolute atomic E-state index is 12.2. The van der Waals surface area contributed by atoms with Crippen LogP contribution in [0, 0.1) is 5.92 Å². The third-order valence-electron chi connectivity index (χ3n) is 4.37. The summed E-state index contributed by atoms with van der Waals surface area (Å²) in [4.78, 5) is 12.2. The van der Waals surface area contributed by atoms with Crippen molar-refractivity contribution in [2.75, 3.05) is 14.2 Å². The molecule has 1 fully saturated rings. The summed E-state index contributed by atoms with van der Waals surface area (Å²) in [7, 11) is 3.16. The van der Waals surface area contributed by atoms with Gasteiger partial charge in [0.05, 0.1) is 0 Å². The van der Waals surface area contributed by atoms with Crippen LogP contribution in [-0.4, -0.2) is 32.7 Å². The lowest BCUT2D eigenvalue weighted by atomic mass is 9.85. The van der Waals surface area contributed by atoms with Gasteiger partial charge in [-0.05, 0) is 18.4 Å². The molecule has 1 atom stereocenters. The van der Waals surface area contributed by atoms with Gasteiger partial charge in [0, 0.05) is 26.7 Å². The Hall–Kier alpha value is -1.59. The van der Waals surface area contributed by atoms with E-state index < -0.39 is 12.4 Å². The number of carbonyl (C=O) groups is 1. The van der Waals surface area contributed by atoms with Crippen molar-refractivity contribution in [3.63, 3.8) is 0 Å². The van der Waals surface area contributed by atoms with Crippen LogP contribution in [0.25, 0.3) is 0 Å². The van der Waals surface area contributed by atoms with E-state index in [1.165, 1.54) is 6.42 Å². The van der Waals surface area contributed by atoms with Crippen LogP contribution >= 0.6 is 0 Å². The molecule has 1 aromatic carbocycles. The summed E-state index contributed by atoms with van der Waals surface area (Å²) in [5, 5.41) is 2.80. The van der Waals surface area contributed by atoms with Crippen molar-refractivity contribution in [3.8, 4) is 0 Å². The zero-order chi connectivity index (χ0) is 16.5. The number of ether oxygens (including phenoxy) is 3. The van der Waals surface area contributed by atoms with Crippen molar-refractivity contribution in [2.24, 2.45) is 5.92 Å². The highest BCUT2D eigenvalue weighted by atomic mass is 16.7. The first kappa shape index (κ1) is 17.8. The van der Waals surface area contributed by atoms with Gasteiger partial charge in [-0.15, -0.1) is 0 Å². The number of benzene rings is 1. The quantitative estimate of drug-likeness (QED) is 0.781. The van der Waals surface area contributed by atoms with Gasteiger partial charge in [-0.2, -0.15) is 0 Å². The highest BCUT2D eigenvalue weighted by Crippen LogP contribution is 2.30. The summed E-state index contributed by atoms with van der Waals surface area (Å²) in [6.45, 7) is 0.446. The zero-order valence-electron chi connectivity index (χ0n) is 14.0. The van der Waals surface area contributed by atoms with E-state index in [1.54, 1.807) is 14.2 Å². The molecule has 1 unspecified atom stereocenters. The monoisotopic (exact) mass is 321 g/mol. The first-order valence-electron chi connectivity index (χ1n) is 8.28. The number of amides is 1. The average molecular weight is 321 g/mol. The van der Waals surface area contributed by atoms with E-state index in [9.17, 15) is 4.79 Å². The van der Waals surface area contributed by atoms with Crippen LogP contribution in [0.3, 0.4) is 0 Å². The summed E-state index contributed by atoms with van der Waals surface area (Å²) in [5.41, 5.74) is 1.04. The highest BCUT2D eigenvalue weighted by Gasteiger charge is 2.34. The Balaban J connectivity index is 1.91. The van der Waals surface area contributed by atoms with E-state index in [0.29, 0.717) is 6.54 Å². The van der Waals surface area contributed by atoms with Crippen LogP contribution in [0.2, 0.25) is 0 Å². The molecule has 0 radical (unpaired) electrons. The van der Waals surface area contributed by atoms with Gasteiger partial charge in [0.15, 0.2) is 12.4 Å². The zero-order valence-corrected chi connectivity index (χ0v) is 14.0. The molecule has 1 aliphatic rings. The molecule has 0 saturated heterocycles. The molecule has 2 rings (SSSR count). The van der Waals surface area contributed by atoms with E-state index in [-0.39, 0.29) is 12.0 Å². The first-order valence-corrected chi connectivity index (χ1v) is 8.28. The van der Waals surface area contributed by atoms with Gasteiger partial charge in [0.25, 0.3) is 0 Å². The van der Waals surface area contributed by atoms with Crippen molar-refractivity contribution < 1.29 is 19.0 Å². The van der Waals surface area contributed by atoms with Crippen LogP contribution in [0.1, 0.15) is 37.7 Å². The largest absolute Gasteiger partial charge is 0.441 e. The van der Waals surface area contributed by atoms with Gasteiger partial charge in [0.1, 0.15) is 0 Å². The minimum absolute atomic E-state index is 0.288. The lowest BCUT2D eigenvalue weighted by Crippen LogP contribution is -2.43. The standard InChI is InChI=1S/C18H27NO4/c1-21-17(22-2)16(15-11-7-4-8-12-15)23-18(20)19-13-14-9-5-3-6-10-14/h3,5-6,9-10,15-17H,4,7-8,11-13H2,1-2H3,(H,19,20). The molecule has 1 amide bonds. The van der Waals surface area contributed by atoms with Crippen molar-refractivity contribution in [1.82, 2.24) is 5.32 Å². The molecule has 0 heterocycles. The summed E-state index contributed by atoms with van der Waals surface area (Å²) < 4.78 is 16.4.